The zero-order valence-electron chi connectivity index (χ0n) is 9.93. The molecule has 0 unspecified atom stereocenters. The van der Waals surface area contributed by atoms with Crippen molar-refractivity contribution in [2.24, 2.45) is 0 Å². The number of carbonyl (C=O) groups is 1. The fraction of sp³-hybridized carbons (Fsp3) is 0.667. The number of aromatic nitrogens is 2. The zero-order chi connectivity index (χ0) is 12.1. The lowest BCUT2D eigenvalue weighted by Crippen LogP contribution is -2.49. The molecule has 1 aliphatic carbocycles. The molecule has 17 heavy (non-hydrogen) atoms. The summed E-state index contributed by atoms with van der Waals surface area (Å²) in [5.74, 6) is -0.00329. The fourth-order valence-electron chi connectivity index (χ4n) is 2.38. The number of aryl methyl sites for hydroxylation is 1. The van der Waals surface area contributed by atoms with Crippen molar-refractivity contribution in [1.82, 2.24) is 15.1 Å². The van der Waals surface area contributed by atoms with Crippen molar-refractivity contribution in [1.29, 1.82) is 0 Å². The molecule has 1 heterocycles. The van der Waals surface area contributed by atoms with Gasteiger partial charge < -0.3 is 10.4 Å². The van der Waals surface area contributed by atoms with Crippen LogP contribution in [0.25, 0.3) is 0 Å². The van der Waals surface area contributed by atoms with E-state index < -0.39 is 0 Å². The highest BCUT2D eigenvalue weighted by atomic mass is 16.3. The first-order valence-electron chi connectivity index (χ1n) is 6.13. The average Bonchev–Trinajstić information content (AvgIpc) is 2.98. The number of rotatable bonds is 5. The van der Waals surface area contributed by atoms with E-state index in [1.807, 2.05) is 12.3 Å². The molecule has 1 amide bonds. The van der Waals surface area contributed by atoms with Crippen molar-refractivity contribution < 1.29 is 9.90 Å². The smallest absolute Gasteiger partial charge is 0.222 e. The van der Waals surface area contributed by atoms with E-state index in [9.17, 15) is 9.90 Å². The van der Waals surface area contributed by atoms with Gasteiger partial charge in [-0.05, 0) is 18.9 Å². The molecule has 0 radical (unpaired) electrons. The second-order valence-corrected chi connectivity index (χ2v) is 4.71. The van der Waals surface area contributed by atoms with Crippen LogP contribution in [0.4, 0.5) is 0 Å². The monoisotopic (exact) mass is 237 g/mol. The lowest BCUT2D eigenvalue weighted by atomic mass is 9.99. The maximum Gasteiger partial charge on any atom is 0.222 e. The standard InChI is InChI=1S/C12H19N3O2/c16-10-12(5-1-2-6-12)14-11(17)4-9-15-8-3-7-13-15/h3,7-8,16H,1-2,4-6,9-10H2,(H,14,17). The summed E-state index contributed by atoms with van der Waals surface area (Å²) >= 11 is 0. The number of carbonyl (C=O) groups excluding carboxylic acids is 1. The van der Waals surface area contributed by atoms with Crippen LogP contribution in [0.5, 0.6) is 0 Å². The van der Waals surface area contributed by atoms with Crippen molar-refractivity contribution >= 4 is 5.91 Å². The van der Waals surface area contributed by atoms with Crippen LogP contribution in [0.2, 0.25) is 0 Å². The van der Waals surface area contributed by atoms with Gasteiger partial charge in [0, 0.05) is 25.4 Å². The van der Waals surface area contributed by atoms with E-state index in [1.165, 1.54) is 0 Å². The van der Waals surface area contributed by atoms with E-state index in [2.05, 4.69) is 10.4 Å². The minimum Gasteiger partial charge on any atom is -0.394 e. The summed E-state index contributed by atoms with van der Waals surface area (Å²) in [4.78, 5) is 11.8. The number of nitrogens with zero attached hydrogens (tertiary/aromatic N) is 2. The molecular formula is C12H19N3O2. The van der Waals surface area contributed by atoms with E-state index in [0.717, 1.165) is 25.7 Å². The van der Waals surface area contributed by atoms with Crippen LogP contribution in [0, 0.1) is 0 Å². The highest BCUT2D eigenvalue weighted by Gasteiger charge is 2.34. The van der Waals surface area contributed by atoms with Crippen molar-refractivity contribution in [2.75, 3.05) is 6.61 Å². The predicted molar refractivity (Wildman–Crippen MR) is 63.3 cm³/mol. The number of aliphatic hydroxyl groups is 1. The Hall–Kier alpha value is -1.36. The van der Waals surface area contributed by atoms with Crippen molar-refractivity contribution in [3.63, 3.8) is 0 Å². The molecule has 1 fully saturated rings. The molecule has 0 aliphatic heterocycles. The van der Waals surface area contributed by atoms with Crippen molar-refractivity contribution in [3.8, 4) is 0 Å². The predicted octanol–water partition coefficient (Wildman–Crippen LogP) is 0.694. The lowest BCUT2D eigenvalue weighted by Gasteiger charge is -2.27. The first-order chi connectivity index (χ1) is 8.24. The molecule has 1 aliphatic rings. The van der Waals surface area contributed by atoms with E-state index >= 15 is 0 Å². The van der Waals surface area contributed by atoms with Gasteiger partial charge in [0.2, 0.25) is 5.91 Å². The molecule has 94 valence electrons. The minimum absolute atomic E-state index is 0.00329. The fourth-order valence-corrected chi connectivity index (χ4v) is 2.38. The minimum atomic E-state index is -0.360. The first-order valence-corrected chi connectivity index (χ1v) is 6.13. The van der Waals surface area contributed by atoms with Crippen LogP contribution in [-0.4, -0.2) is 32.9 Å². The Morgan fingerprint density at radius 3 is 2.82 bits per heavy atom. The number of nitrogens with one attached hydrogen (secondary N) is 1. The third-order valence-electron chi connectivity index (χ3n) is 3.40. The molecule has 1 saturated carbocycles. The third kappa shape index (κ3) is 3.06. The zero-order valence-corrected chi connectivity index (χ0v) is 9.93. The van der Waals surface area contributed by atoms with Crippen molar-refractivity contribution in [3.05, 3.63) is 18.5 Å². The summed E-state index contributed by atoms with van der Waals surface area (Å²) in [6, 6.07) is 1.84. The molecule has 1 aromatic heterocycles. The van der Waals surface area contributed by atoms with Crippen molar-refractivity contribution in [2.45, 2.75) is 44.2 Å². The highest BCUT2D eigenvalue weighted by Crippen LogP contribution is 2.29. The van der Waals surface area contributed by atoms with Crippen LogP contribution in [0.1, 0.15) is 32.1 Å². The van der Waals surface area contributed by atoms with Gasteiger partial charge >= 0.3 is 0 Å². The summed E-state index contributed by atoms with van der Waals surface area (Å²) in [5, 5.41) is 16.4. The molecular weight excluding hydrogens is 218 g/mol. The molecule has 0 atom stereocenters. The topological polar surface area (TPSA) is 67.2 Å². The van der Waals surface area contributed by atoms with Gasteiger partial charge in [-0.1, -0.05) is 12.8 Å². The average molecular weight is 237 g/mol. The van der Waals surface area contributed by atoms with Gasteiger partial charge in [-0.15, -0.1) is 0 Å². The molecule has 0 aromatic carbocycles. The van der Waals surface area contributed by atoms with Crippen LogP contribution in [0.15, 0.2) is 18.5 Å². The van der Waals surface area contributed by atoms with E-state index in [0.29, 0.717) is 13.0 Å². The Labute approximate surface area is 101 Å². The van der Waals surface area contributed by atoms with Gasteiger partial charge in [0.05, 0.1) is 12.1 Å². The molecule has 2 rings (SSSR count). The second kappa shape index (κ2) is 5.31. The molecule has 0 saturated heterocycles. The van der Waals surface area contributed by atoms with E-state index in [1.54, 1.807) is 10.9 Å². The molecule has 2 N–H and O–H groups in total. The summed E-state index contributed by atoms with van der Waals surface area (Å²) in [7, 11) is 0. The molecule has 0 bridgehead atoms. The molecule has 5 heteroatoms. The van der Waals surface area contributed by atoms with Gasteiger partial charge in [-0.2, -0.15) is 5.10 Å². The van der Waals surface area contributed by atoms with E-state index in [-0.39, 0.29) is 18.1 Å². The number of amides is 1. The normalized spacial score (nSPS) is 18.2. The molecule has 0 spiro atoms. The number of aliphatic hydroxyl groups excluding tert-OH is 1. The van der Waals surface area contributed by atoms with Crippen LogP contribution >= 0.6 is 0 Å². The molecule has 1 aromatic rings. The Morgan fingerprint density at radius 2 is 2.24 bits per heavy atom. The van der Waals surface area contributed by atoms with Gasteiger partial charge in [-0.25, -0.2) is 0 Å². The first kappa shape index (κ1) is 12.1. The summed E-state index contributed by atoms with van der Waals surface area (Å²) in [6.45, 7) is 0.626. The second-order valence-electron chi connectivity index (χ2n) is 4.71. The summed E-state index contributed by atoms with van der Waals surface area (Å²) in [6.07, 6.45) is 7.88. The Kier molecular flexibility index (Phi) is 3.78. The van der Waals surface area contributed by atoms with E-state index in [4.69, 9.17) is 0 Å². The van der Waals surface area contributed by atoms with Crippen LogP contribution in [-0.2, 0) is 11.3 Å². The van der Waals surface area contributed by atoms with Gasteiger partial charge in [0.25, 0.3) is 0 Å². The Morgan fingerprint density at radius 1 is 1.47 bits per heavy atom. The third-order valence-corrected chi connectivity index (χ3v) is 3.40. The van der Waals surface area contributed by atoms with Gasteiger partial charge in [0.1, 0.15) is 0 Å². The quantitative estimate of drug-likeness (QED) is 0.792. The van der Waals surface area contributed by atoms with Crippen LogP contribution < -0.4 is 5.32 Å². The Balaban J connectivity index is 1.80. The molecule has 5 nitrogen and oxygen atoms in total. The maximum absolute atomic E-state index is 11.8. The van der Waals surface area contributed by atoms with Crippen LogP contribution in [0.3, 0.4) is 0 Å². The highest BCUT2D eigenvalue weighted by molar-refractivity contribution is 5.76. The van der Waals surface area contributed by atoms with Gasteiger partial charge in [-0.3, -0.25) is 9.48 Å². The summed E-state index contributed by atoms with van der Waals surface area (Å²) in [5.41, 5.74) is -0.360. The number of hydrogen-bond acceptors (Lipinski definition) is 3. The number of hydrogen-bond donors (Lipinski definition) is 2. The summed E-state index contributed by atoms with van der Waals surface area (Å²) < 4.78 is 1.74. The SMILES string of the molecule is O=C(CCn1cccn1)NC1(CO)CCCC1. The largest absolute Gasteiger partial charge is 0.394 e. The maximum atomic E-state index is 11.8. The Bertz CT molecular complexity index is 356. The lowest BCUT2D eigenvalue weighted by molar-refractivity contribution is -0.123. The van der Waals surface area contributed by atoms with Gasteiger partial charge in [0.15, 0.2) is 0 Å².